The molecular formula is C22H20N4O5S2. The lowest BCUT2D eigenvalue weighted by Crippen LogP contribution is -2.74. The van der Waals surface area contributed by atoms with Crippen molar-refractivity contribution in [2.24, 2.45) is 0 Å². The molecule has 3 aromatic rings. The molecule has 5 rings (SSSR count). The van der Waals surface area contributed by atoms with Gasteiger partial charge in [0.1, 0.15) is 26.9 Å². The summed E-state index contributed by atoms with van der Waals surface area (Å²) in [6.45, 7) is 0.0496. The normalized spacial score (nSPS) is 24.1. The minimum atomic E-state index is -1.23. The number of thioether (sulfide) groups is 2. The van der Waals surface area contributed by atoms with Gasteiger partial charge in [-0.2, -0.15) is 5.10 Å². The van der Waals surface area contributed by atoms with E-state index in [2.05, 4.69) is 10.4 Å². The Balaban J connectivity index is 1.29. The fourth-order valence-corrected chi connectivity index (χ4v) is 6.80. The number of para-hydroxylation sites is 1. The number of rotatable bonds is 7. The smallest absolute Gasteiger partial charge is 0.322 e. The standard InChI is InChI=1S/C22H20N4O5S2/c27-16(11-15-7-4-10-31-15)24-18-19(28)25-12-22(21(29)30,13-32-20(18)25)33-17-8-9-23-26(17)14-5-2-1-3-6-14/h1-10,18,20H,11-13H2,(H,24,27)(H,29,30)/t18-,20-,22?/m1/s1. The maximum absolute atomic E-state index is 12.8. The first-order valence-corrected chi connectivity index (χ1v) is 12.1. The van der Waals surface area contributed by atoms with Crippen molar-refractivity contribution >= 4 is 41.3 Å². The number of furan rings is 1. The summed E-state index contributed by atoms with van der Waals surface area (Å²) in [7, 11) is 0. The van der Waals surface area contributed by atoms with E-state index in [4.69, 9.17) is 4.42 Å². The Morgan fingerprint density at radius 3 is 2.79 bits per heavy atom. The number of aromatic nitrogens is 2. The Hall–Kier alpha value is -3.18. The highest BCUT2D eigenvalue weighted by Crippen LogP contribution is 2.46. The van der Waals surface area contributed by atoms with Crippen LogP contribution in [-0.2, 0) is 20.8 Å². The van der Waals surface area contributed by atoms with Gasteiger partial charge in [0.2, 0.25) is 11.8 Å². The number of hydrogen-bond acceptors (Lipinski definition) is 7. The van der Waals surface area contributed by atoms with E-state index in [9.17, 15) is 19.5 Å². The zero-order chi connectivity index (χ0) is 23.0. The predicted molar refractivity (Wildman–Crippen MR) is 122 cm³/mol. The van der Waals surface area contributed by atoms with Crippen LogP contribution in [0.3, 0.4) is 0 Å². The molecule has 0 spiro atoms. The van der Waals surface area contributed by atoms with E-state index in [1.54, 1.807) is 29.1 Å². The highest BCUT2D eigenvalue weighted by Gasteiger charge is 2.58. The number of aliphatic carboxylic acids is 1. The number of fused-ring (bicyclic) bond motifs is 1. The predicted octanol–water partition coefficient (Wildman–Crippen LogP) is 2.02. The number of carboxylic acids is 1. The zero-order valence-corrected chi connectivity index (χ0v) is 18.9. The summed E-state index contributed by atoms with van der Waals surface area (Å²) in [5, 5.41) is 17.6. The van der Waals surface area contributed by atoms with Crippen molar-refractivity contribution in [3.05, 3.63) is 66.8 Å². The fourth-order valence-electron chi connectivity index (χ4n) is 3.91. The van der Waals surface area contributed by atoms with Crippen LogP contribution in [0.15, 0.2) is 70.4 Å². The summed E-state index contributed by atoms with van der Waals surface area (Å²) >= 11 is 2.56. The molecule has 11 heteroatoms. The summed E-state index contributed by atoms with van der Waals surface area (Å²) in [6, 6.07) is 14.0. The monoisotopic (exact) mass is 484 g/mol. The molecule has 0 aliphatic carbocycles. The van der Waals surface area contributed by atoms with Gasteiger partial charge in [0.05, 0.1) is 24.6 Å². The van der Waals surface area contributed by atoms with Crippen LogP contribution in [0.2, 0.25) is 0 Å². The molecule has 4 heterocycles. The number of carbonyl (C=O) groups is 3. The quantitative estimate of drug-likeness (QED) is 0.489. The van der Waals surface area contributed by atoms with Gasteiger partial charge in [0.25, 0.3) is 0 Å². The van der Waals surface area contributed by atoms with E-state index >= 15 is 0 Å². The summed E-state index contributed by atoms with van der Waals surface area (Å²) < 4.78 is 5.65. The lowest BCUT2D eigenvalue weighted by Gasteiger charge is -2.53. The van der Waals surface area contributed by atoms with Crippen molar-refractivity contribution in [2.45, 2.75) is 27.6 Å². The number of hydrogen-bond donors (Lipinski definition) is 2. The number of nitrogens with one attached hydrogen (secondary N) is 1. The van der Waals surface area contributed by atoms with Crippen LogP contribution in [0.5, 0.6) is 0 Å². The van der Waals surface area contributed by atoms with Crippen molar-refractivity contribution in [3.63, 3.8) is 0 Å². The molecule has 33 heavy (non-hydrogen) atoms. The first kappa shape index (κ1) is 21.7. The molecule has 2 aromatic heterocycles. The van der Waals surface area contributed by atoms with Crippen molar-refractivity contribution in [2.75, 3.05) is 12.3 Å². The third-order valence-corrected chi connectivity index (χ3v) is 8.65. The van der Waals surface area contributed by atoms with Gasteiger partial charge >= 0.3 is 5.97 Å². The molecule has 0 radical (unpaired) electrons. The van der Waals surface area contributed by atoms with Crippen LogP contribution in [-0.4, -0.2) is 66.0 Å². The molecule has 1 aromatic carbocycles. The second kappa shape index (κ2) is 8.64. The Morgan fingerprint density at radius 2 is 2.06 bits per heavy atom. The van der Waals surface area contributed by atoms with Crippen molar-refractivity contribution in [1.82, 2.24) is 20.0 Å². The highest BCUT2D eigenvalue weighted by molar-refractivity contribution is 8.05. The number of benzene rings is 1. The van der Waals surface area contributed by atoms with Crippen LogP contribution in [0.25, 0.3) is 5.69 Å². The first-order valence-electron chi connectivity index (χ1n) is 10.2. The summed E-state index contributed by atoms with van der Waals surface area (Å²) in [6.07, 6.45) is 3.17. The molecule has 2 saturated heterocycles. The van der Waals surface area contributed by atoms with Gasteiger partial charge in [0.15, 0.2) is 0 Å². The van der Waals surface area contributed by atoms with E-state index in [1.165, 1.54) is 34.7 Å². The van der Waals surface area contributed by atoms with Gasteiger partial charge in [-0.25, -0.2) is 4.68 Å². The van der Waals surface area contributed by atoms with Gasteiger partial charge in [-0.3, -0.25) is 14.4 Å². The Bertz CT molecular complexity index is 1180. The lowest BCUT2D eigenvalue weighted by atomic mass is 10.0. The summed E-state index contributed by atoms with van der Waals surface area (Å²) in [4.78, 5) is 39.0. The molecule has 0 bridgehead atoms. The third-order valence-electron chi connectivity index (χ3n) is 5.58. The number of amides is 2. The highest BCUT2D eigenvalue weighted by atomic mass is 32.2. The number of β-lactam (4-membered cyclic amide) rings is 1. The topological polar surface area (TPSA) is 118 Å². The molecule has 3 atom stereocenters. The molecule has 2 aliphatic rings. The van der Waals surface area contributed by atoms with Gasteiger partial charge in [0, 0.05) is 12.3 Å². The van der Waals surface area contributed by atoms with Gasteiger partial charge in [-0.1, -0.05) is 30.0 Å². The van der Waals surface area contributed by atoms with Crippen LogP contribution < -0.4 is 5.32 Å². The molecule has 2 N–H and O–H groups in total. The molecule has 2 amide bonds. The SMILES string of the molecule is O=C(Cc1ccco1)N[C@@H]1C(=O)N2CC(Sc3ccnn3-c3ccccc3)(C(=O)O)CS[C@H]12. The molecule has 2 aliphatic heterocycles. The zero-order valence-electron chi connectivity index (χ0n) is 17.3. The van der Waals surface area contributed by atoms with E-state index in [0.717, 1.165) is 5.69 Å². The van der Waals surface area contributed by atoms with Crippen LogP contribution in [0, 0.1) is 0 Å². The number of nitrogens with zero attached hydrogens (tertiary/aromatic N) is 3. The fraction of sp³-hybridized carbons (Fsp3) is 0.273. The Kier molecular flexibility index (Phi) is 5.67. The lowest BCUT2D eigenvalue weighted by molar-refractivity contribution is -0.152. The molecular weight excluding hydrogens is 464 g/mol. The van der Waals surface area contributed by atoms with Crippen LogP contribution in [0.1, 0.15) is 5.76 Å². The maximum atomic E-state index is 12.8. The van der Waals surface area contributed by atoms with Gasteiger partial charge in [-0.05, 0) is 30.3 Å². The average Bonchev–Trinajstić information content (AvgIpc) is 3.50. The Morgan fingerprint density at radius 1 is 1.24 bits per heavy atom. The van der Waals surface area contributed by atoms with Crippen molar-refractivity contribution in [3.8, 4) is 5.69 Å². The second-order valence-corrected chi connectivity index (χ2v) is 10.3. The Labute approximate surface area is 197 Å². The molecule has 170 valence electrons. The maximum Gasteiger partial charge on any atom is 0.322 e. The van der Waals surface area contributed by atoms with Gasteiger partial charge in [-0.15, -0.1) is 11.8 Å². The van der Waals surface area contributed by atoms with E-state index in [-0.39, 0.29) is 35.9 Å². The van der Waals surface area contributed by atoms with Crippen molar-refractivity contribution < 1.29 is 23.9 Å². The summed E-state index contributed by atoms with van der Waals surface area (Å²) in [5.74, 6) is -0.768. The third kappa shape index (κ3) is 4.02. The van der Waals surface area contributed by atoms with E-state index in [0.29, 0.717) is 10.8 Å². The van der Waals surface area contributed by atoms with E-state index < -0.39 is 16.8 Å². The van der Waals surface area contributed by atoms with Crippen LogP contribution in [0.4, 0.5) is 0 Å². The van der Waals surface area contributed by atoms with Gasteiger partial charge < -0.3 is 19.7 Å². The minimum Gasteiger partial charge on any atom is -0.480 e. The van der Waals surface area contributed by atoms with E-state index in [1.807, 2.05) is 30.3 Å². The molecule has 1 unspecified atom stereocenters. The van der Waals surface area contributed by atoms with Crippen molar-refractivity contribution in [1.29, 1.82) is 0 Å². The first-order chi connectivity index (χ1) is 16.0. The largest absolute Gasteiger partial charge is 0.480 e. The second-order valence-electron chi connectivity index (χ2n) is 7.79. The number of carboxylic acid groups (broad SMARTS) is 1. The summed E-state index contributed by atoms with van der Waals surface area (Å²) in [5.41, 5.74) is 0.825. The molecule has 0 saturated carbocycles. The average molecular weight is 485 g/mol. The van der Waals surface area contributed by atoms with Crippen LogP contribution >= 0.6 is 23.5 Å². The molecule has 2 fully saturated rings. The molecule has 9 nitrogen and oxygen atoms in total. The number of carbonyl (C=O) groups excluding carboxylic acids is 2. The minimum absolute atomic E-state index is 0.0482.